The maximum Gasteiger partial charge on any atom is 0.339 e. The van der Waals surface area contributed by atoms with E-state index >= 15 is 0 Å². The van der Waals surface area contributed by atoms with Crippen molar-refractivity contribution in [3.05, 3.63) is 22.7 Å². The number of aromatic carboxylic acids is 1. The molecular weight excluding hydrogens is 254 g/mol. The molecule has 0 fully saturated rings. The number of thiazole rings is 1. The fourth-order valence-electron chi connectivity index (χ4n) is 1.48. The van der Waals surface area contributed by atoms with Crippen LogP contribution in [0.2, 0.25) is 0 Å². The minimum absolute atomic E-state index is 0.111. The van der Waals surface area contributed by atoms with Gasteiger partial charge in [-0.05, 0) is 19.9 Å². The normalized spacial score (nSPS) is 11.3. The van der Waals surface area contributed by atoms with Crippen molar-refractivity contribution in [1.29, 1.82) is 0 Å². The Morgan fingerprint density at radius 1 is 1.50 bits per heavy atom. The highest BCUT2D eigenvalue weighted by Gasteiger charge is 2.14. The van der Waals surface area contributed by atoms with E-state index in [-0.39, 0.29) is 17.4 Å². The molecule has 0 bridgehead atoms. The summed E-state index contributed by atoms with van der Waals surface area (Å²) in [7, 11) is 0. The summed E-state index contributed by atoms with van der Waals surface area (Å²) in [5.41, 5.74) is 0.432. The maximum absolute atomic E-state index is 10.9. The Balaban J connectivity index is 2.36. The number of carboxylic acid groups (broad SMARTS) is 1. The molecule has 96 valence electrons. The van der Waals surface area contributed by atoms with Crippen molar-refractivity contribution in [1.82, 2.24) is 4.98 Å². The van der Waals surface area contributed by atoms with E-state index in [1.807, 2.05) is 13.8 Å². The van der Waals surface area contributed by atoms with Gasteiger partial charge in [-0.2, -0.15) is 0 Å². The van der Waals surface area contributed by atoms with Gasteiger partial charge >= 0.3 is 5.97 Å². The number of ether oxygens (including phenoxy) is 1. The number of carbonyl (C=O) groups is 1. The fourth-order valence-corrected chi connectivity index (χ4v) is 2.39. The van der Waals surface area contributed by atoms with Crippen LogP contribution in [-0.4, -0.2) is 27.3 Å². The van der Waals surface area contributed by atoms with Crippen molar-refractivity contribution in [2.45, 2.75) is 26.6 Å². The molecule has 0 amide bonds. The van der Waals surface area contributed by atoms with E-state index in [1.165, 1.54) is 23.5 Å². The maximum atomic E-state index is 10.9. The Morgan fingerprint density at radius 3 is 2.83 bits per heavy atom. The monoisotopic (exact) mass is 267 g/mol. The van der Waals surface area contributed by atoms with Gasteiger partial charge in [-0.25, -0.2) is 9.78 Å². The van der Waals surface area contributed by atoms with Crippen LogP contribution in [0.1, 0.15) is 29.2 Å². The third kappa shape index (κ3) is 2.60. The van der Waals surface area contributed by atoms with Gasteiger partial charge in [0.05, 0.1) is 22.9 Å². The summed E-state index contributed by atoms with van der Waals surface area (Å²) in [4.78, 5) is 15.2. The third-order valence-corrected chi connectivity index (χ3v) is 3.31. The van der Waals surface area contributed by atoms with Crippen LogP contribution in [0.15, 0.2) is 12.1 Å². The lowest BCUT2D eigenvalue weighted by atomic mass is 10.2. The molecule has 0 saturated heterocycles. The Morgan fingerprint density at radius 2 is 2.22 bits per heavy atom. The van der Waals surface area contributed by atoms with Gasteiger partial charge in [0.2, 0.25) is 0 Å². The molecule has 1 aromatic carbocycles. The zero-order chi connectivity index (χ0) is 13.3. The highest BCUT2D eigenvalue weighted by atomic mass is 32.1. The largest absolute Gasteiger partial charge is 0.507 e. The van der Waals surface area contributed by atoms with Crippen molar-refractivity contribution in [3.63, 3.8) is 0 Å². The van der Waals surface area contributed by atoms with Crippen LogP contribution >= 0.6 is 11.3 Å². The molecule has 6 heteroatoms. The van der Waals surface area contributed by atoms with Gasteiger partial charge < -0.3 is 14.9 Å². The second-order valence-electron chi connectivity index (χ2n) is 4.11. The predicted octanol–water partition coefficient (Wildman–Crippen LogP) is 2.63. The summed E-state index contributed by atoms with van der Waals surface area (Å²) in [5, 5.41) is 19.2. The summed E-state index contributed by atoms with van der Waals surface area (Å²) in [5.74, 6) is -1.41. The first kappa shape index (κ1) is 12.8. The number of rotatable bonds is 4. The minimum Gasteiger partial charge on any atom is -0.507 e. The molecule has 1 aromatic heterocycles. The molecule has 0 aliphatic heterocycles. The summed E-state index contributed by atoms with van der Waals surface area (Å²) in [6.45, 7) is 4.25. The number of phenols is 1. The molecule has 0 aliphatic rings. The number of fused-ring (bicyclic) bond motifs is 1. The molecule has 2 rings (SSSR count). The molecule has 0 atom stereocenters. The highest BCUT2D eigenvalue weighted by Crippen LogP contribution is 2.29. The molecule has 0 unspecified atom stereocenters. The first-order valence-corrected chi connectivity index (χ1v) is 6.26. The lowest BCUT2D eigenvalue weighted by Gasteiger charge is -2.03. The van der Waals surface area contributed by atoms with Gasteiger partial charge in [0.1, 0.15) is 16.3 Å². The smallest absolute Gasteiger partial charge is 0.339 e. The quantitative estimate of drug-likeness (QED) is 0.890. The summed E-state index contributed by atoms with van der Waals surface area (Å²) in [6.07, 6.45) is 0.111. The van der Waals surface area contributed by atoms with Gasteiger partial charge in [-0.1, -0.05) is 0 Å². The van der Waals surface area contributed by atoms with Gasteiger partial charge in [0, 0.05) is 6.07 Å². The van der Waals surface area contributed by atoms with Crippen molar-refractivity contribution in [2.75, 3.05) is 0 Å². The molecule has 18 heavy (non-hydrogen) atoms. The van der Waals surface area contributed by atoms with E-state index in [0.717, 1.165) is 9.71 Å². The van der Waals surface area contributed by atoms with Crippen LogP contribution in [0, 0.1) is 0 Å². The average molecular weight is 267 g/mol. The Bertz CT molecular complexity index is 591. The summed E-state index contributed by atoms with van der Waals surface area (Å²) >= 11 is 1.38. The van der Waals surface area contributed by atoms with Crippen molar-refractivity contribution in [2.24, 2.45) is 0 Å². The summed E-state index contributed by atoms with van der Waals surface area (Å²) < 4.78 is 6.18. The lowest BCUT2D eigenvalue weighted by Crippen LogP contribution is -2.01. The van der Waals surface area contributed by atoms with Gasteiger partial charge in [-0.15, -0.1) is 11.3 Å². The number of hydrogen-bond acceptors (Lipinski definition) is 5. The second-order valence-corrected chi connectivity index (χ2v) is 5.22. The predicted molar refractivity (Wildman–Crippen MR) is 68.2 cm³/mol. The Labute approximate surface area is 108 Å². The minimum atomic E-state index is -1.16. The van der Waals surface area contributed by atoms with Crippen LogP contribution in [0.5, 0.6) is 5.75 Å². The Hall–Kier alpha value is -1.66. The van der Waals surface area contributed by atoms with E-state index in [0.29, 0.717) is 12.1 Å². The highest BCUT2D eigenvalue weighted by molar-refractivity contribution is 7.18. The van der Waals surface area contributed by atoms with Crippen LogP contribution in [0.4, 0.5) is 0 Å². The molecule has 0 radical (unpaired) electrons. The number of benzene rings is 1. The molecule has 5 nitrogen and oxygen atoms in total. The zero-order valence-electron chi connectivity index (χ0n) is 10.0. The number of hydrogen-bond donors (Lipinski definition) is 2. The first-order chi connectivity index (χ1) is 8.47. The SMILES string of the molecule is CC(C)OCc1nc2cc(C(=O)O)c(O)cc2s1. The van der Waals surface area contributed by atoms with Crippen molar-refractivity contribution in [3.8, 4) is 5.75 Å². The van der Waals surface area contributed by atoms with Crippen LogP contribution in [0.3, 0.4) is 0 Å². The molecule has 0 aliphatic carbocycles. The van der Waals surface area contributed by atoms with Gasteiger partial charge in [0.25, 0.3) is 0 Å². The molecule has 0 saturated carbocycles. The molecular formula is C12H13NO4S. The second kappa shape index (κ2) is 4.91. The number of carboxylic acids is 1. The van der Waals surface area contributed by atoms with Crippen molar-refractivity contribution >= 4 is 27.5 Å². The number of aromatic nitrogens is 1. The number of aromatic hydroxyl groups is 1. The lowest BCUT2D eigenvalue weighted by molar-refractivity contribution is 0.0656. The summed E-state index contributed by atoms with van der Waals surface area (Å²) in [6, 6.07) is 2.80. The van der Waals surface area contributed by atoms with Gasteiger partial charge in [-0.3, -0.25) is 0 Å². The first-order valence-electron chi connectivity index (χ1n) is 5.44. The van der Waals surface area contributed by atoms with E-state index in [9.17, 15) is 9.90 Å². The number of nitrogens with zero attached hydrogens (tertiary/aromatic N) is 1. The topological polar surface area (TPSA) is 79.7 Å². The van der Waals surface area contributed by atoms with Crippen molar-refractivity contribution < 1.29 is 19.7 Å². The van der Waals surface area contributed by atoms with Crippen LogP contribution in [0.25, 0.3) is 10.2 Å². The van der Waals surface area contributed by atoms with E-state index in [1.54, 1.807) is 0 Å². The molecule has 0 spiro atoms. The zero-order valence-corrected chi connectivity index (χ0v) is 10.8. The van der Waals surface area contributed by atoms with Crippen LogP contribution in [-0.2, 0) is 11.3 Å². The molecule has 1 heterocycles. The van der Waals surface area contributed by atoms with E-state index in [4.69, 9.17) is 9.84 Å². The molecule has 2 aromatic rings. The standard InChI is InChI=1S/C12H13NO4S/c1-6(2)17-5-11-13-8-3-7(12(15)16)9(14)4-10(8)18-11/h3-4,6,14H,5H2,1-2H3,(H,15,16). The van der Waals surface area contributed by atoms with E-state index in [2.05, 4.69) is 4.98 Å². The van der Waals surface area contributed by atoms with Gasteiger partial charge in [0.15, 0.2) is 0 Å². The average Bonchev–Trinajstić information content (AvgIpc) is 2.66. The van der Waals surface area contributed by atoms with Crippen LogP contribution < -0.4 is 0 Å². The molecule has 2 N–H and O–H groups in total. The van der Waals surface area contributed by atoms with E-state index < -0.39 is 5.97 Å². The Kier molecular flexibility index (Phi) is 3.49. The third-order valence-electron chi connectivity index (χ3n) is 2.32. The fraction of sp³-hybridized carbons (Fsp3) is 0.333.